The number of carbonyl (C=O) groups excluding carboxylic acids is 3. The molecule has 0 aromatic heterocycles. The topological polar surface area (TPSA) is 114 Å². The summed E-state index contributed by atoms with van der Waals surface area (Å²) < 4.78 is 6.22. The molecule has 2 fully saturated rings. The Hall–Kier alpha value is -5.19. The summed E-state index contributed by atoms with van der Waals surface area (Å²) in [5.74, 6) is 0.997. The van der Waals surface area contributed by atoms with Crippen molar-refractivity contribution in [3.8, 4) is 11.5 Å². The number of nitrogens with one attached hydrogen (secondary N) is 2. The van der Waals surface area contributed by atoms with Gasteiger partial charge in [-0.2, -0.15) is 0 Å². The predicted octanol–water partition coefficient (Wildman–Crippen LogP) is 5.12. The van der Waals surface area contributed by atoms with Gasteiger partial charge in [-0.25, -0.2) is 0 Å². The second-order valence-corrected chi connectivity index (χ2v) is 14.7. The van der Waals surface area contributed by atoms with Gasteiger partial charge in [0.05, 0.1) is 0 Å². The van der Waals surface area contributed by atoms with Crippen molar-refractivity contribution in [2.75, 3.05) is 57.7 Å². The number of amides is 3. The van der Waals surface area contributed by atoms with Crippen molar-refractivity contribution in [1.82, 2.24) is 20.0 Å². The molecule has 3 aliphatic heterocycles. The fourth-order valence-corrected chi connectivity index (χ4v) is 8.62. The number of phenolic OH excluding ortho intramolecular Hbond substituents is 1. The van der Waals surface area contributed by atoms with Gasteiger partial charge in [-0.05, 0) is 95.5 Å². The first-order valence-corrected chi connectivity index (χ1v) is 19.0. The number of aromatic hydroxyl groups is 1. The lowest BCUT2D eigenvalue weighted by atomic mass is 9.69. The molecular weight excluding hydrogens is 667 g/mol. The first kappa shape index (κ1) is 34.9. The van der Waals surface area contributed by atoms with Gasteiger partial charge in [0, 0.05) is 75.9 Å². The summed E-state index contributed by atoms with van der Waals surface area (Å²) in [5.41, 5.74) is 7.65. The highest BCUT2D eigenvalue weighted by atomic mass is 16.5. The smallest absolute Gasteiger partial charge is 0.255 e. The number of imide groups is 1. The molecule has 4 aromatic carbocycles. The highest BCUT2D eigenvalue weighted by Gasteiger charge is 2.39. The number of rotatable bonds is 11. The van der Waals surface area contributed by atoms with Crippen LogP contribution in [0.3, 0.4) is 0 Å². The fourth-order valence-electron chi connectivity index (χ4n) is 8.62. The molecule has 4 aromatic rings. The average molecular weight is 714 g/mol. The van der Waals surface area contributed by atoms with Crippen molar-refractivity contribution >= 4 is 23.4 Å². The summed E-state index contributed by atoms with van der Waals surface area (Å²) >= 11 is 0. The number of phenols is 1. The van der Waals surface area contributed by atoms with E-state index in [0.717, 1.165) is 75.7 Å². The lowest BCUT2D eigenvalue weighted by molar-refractivity contribution is -0.136. The lowest BCUT2D eigenvalue weighted by Crippen LogP contribution is -2.52. The van der Waals surface area contributed by atoms with E-state index < -0.39 is 6.04 Å². The van der Waals surface area contributed by atoms with Crippen LogP contribution in [0, 0.1) is 0 Å². The Morgan fingerprint density at radius 3 is 2.32 bits per heavy atom. The maximum absolute atomic E-state index is 13.0. The molecule has 10 heteroatoms. The molecule has 274 valence electrons. The third kappa shape index (κ3) is 7.65. The van der Waals surface area contributed by atoms with Crippen LogP contribution in [0.25, 0.3) is 0 Å². The fraction of sp³-hybridized carbons (Fsp3) is 0.372. The van der Waals surface area contributed by atoms with Crippen molar-refractivity contribution < 1.29 is 24.2 Å². The third-order valence-corrected chi connectivity index (χ3v) is 11.5. The van der Waals surface area contributed by atoms with Crippen molar-refractivity contribution in [2.24, 2.45) is 0 Å². The van der Waals surface area contributed by atoms with Crippen LogP contribution in [0.4, 0.5) is 5.69 Å². The Balaban J connectivity index is 0.778. The Bertz CT molecular complexity index is 1960. The van der Waals surface area contributed by atoms with Gasteiger partial charge in [0.1, 0.15) is 24.1 Å². The summed E-state index contributed by atoms with van der Waals surface area (Å²) in [7, 11) is 0. The Kier molecular flexibility index (Phi) is 10.1. The number of piperidine rings is 1. The molecule has 0 saturated carbocycles. The first-order chi connectivity index (χ1) is 25.9. The summed E-state index contributed by atoms with van der Waals surface area (Å²) in [5, 5.41) is 16.0. The van der Waals surface area contributed by atoms with Crippen molar-refractivity contribution in [3.63, 3.8) is 0 Å². The molecule has 3 heterocycles. The molecule has 3 amide bonds. The standard InChI is InChI=1S/C43H47N5O5/c49-34-10-15-37-31(27-34)8-13-36(29-4-2-1-3-5-29)41(37)30-6-11-35(12-7-30)53-25-24-47-22-20-46(21-23-47)19-18-44-33-9-14-38-32(26-33)28-48(43(38)52)39-16-17-40(50)45-42(39)51/h1-7,9-12,14-15,26-27,36,39,41,44,49H,8,13,16-25,28H2,(H,45,50,51)/t36-,39?,41+/m1/s1. The molecule has 2 saturated heterocycles. The lowest BCUT2D eigenvalue weighted by Gasteiger charge is -2.35. The van der Waals surface area contributed by atoms with Crippen LogP contribution in [-0.2, 0) is 22.6 Å². The molecule has 0 spiro atoms. The van der Waals surface area contributed by atoms with Crippen LogP contribution in [0.1, 0.15) is 69.3 Å². The zero-order valence-corrected chi connectivity index (χ0v) is 30.0. The van der Waals surface area contributed by atoms with E-state index >= 15 is 0 Å². The molecule has 8 rings (SSSR count). The van der Waals surface area contributed by atoms with Gasteiger partial charge in [0.15, 0.2) is 0 Å². The van der Waals surface area contributed by atoms with E-state index in [1.165, 1.54) is 22.3 Å². The number of piperazine rings is 1. The number of hydrogen-bond donors (Lipinski definition) is 3. The van der Waals surface area contributed by atoms with Gasteiger partial charge >= 0.3 is 0 Å². The summed E-state index contributed by atoms with van der Waals surface area (Å²) in [6, 6.07) is 30.4. The van der Waals surface area contributed by atoms with E-state index in [-0.39, 0.29) is 30.1 Å². The van der Waals surface area contributed by atoms with Crippen molar-refractivity contribution in [3.05, 3.63) is 124 Å². The highest BCUT2D eigenvalue weighted by molar-refractivity contribution is 6.05. The van der Waals surface area contributed by atoms with Crippen LogP contribution in [-0.4, -0.2) is 96.0 Å². The quantitative estimate of drug-likeness (QED) is 0.184. The Morgan fingerprint density at radius 2 is 1.55 bits per heavy atom. The molecule has 0 bridgehead atoms. The van der Waals surface area contributed by atoms with Gasteiger partial charge in [-0.1, -0.05) is 48.5 Å². The number of anilines is 1. The SMILES string of the molecule is O=C1CCC(N2Cc3cc(NCCN4CCN(CCOc5ccc([C@@H]6c7ccc(O)cc7CC[C@@H]6c6ccccc6)cc5)CC4)ccc3C2=O)C(=O)N1. The first-order valence-electron chi connectivity index (χ1n) is 19.0. The molecule has 3 N–H and O–H groups in total. The molecule has 1 aliphatic carbocycles. The van der Waals surface area contributed by atoms with Gasteiger partial charge in [-0.15, -0.1) is 0 Å². The van der Waals surface area contributed by atoms with Crippen molar-refractivity contribution in [2.45, 2.75) is 50.1 Å². The van der Waals surface area contributed by atoms with E-state index in [1.54, 1.807) is 4.90 Å². The second-order valence-electron chi connectivity index (χ2n) is 14.7. The second kappa shape index (κ2) is 15.4. The van der Waals surface area contributed by atoms with Crippen LogP contribution in [0.2, 0.25) is 0 Å². The Morgan fingerprint density at radius 1 is 0.774 bits per heavy atom. The average Bonchev–Trinajstić information content (AvgIpc) is 3.50. The maximum Gasteiger partial charge on any atom is 0.255 e. The minimum absolute atomic E-state index is 0.149. The maximum atomic E-state index is 13.0. The summed E-state index contributed by atoms with van der Waals surface area (Å²) in [4.78, 5) is 43.4. The number of hydrogen-bond acceptors (Lipinski definition) is 8. The molecule has 0 radical (unpaired) electrons. The zero-order chi connectivity index (χ0) is 36.3. The zero-order valence-electron chi connectivity index (χ0n) is 30.0. The summed E-state index contributed by atoms with van der Waals surface area (Å²) in [6.07, 6.45) is 2.62. The number of aryl methyl sites for hydroxylation is 1. The van der Waals surface area contributed by atoms with E-state index in [4.69, 9.17) is 4.74 Å². The van der Waals surface area contributed by atoms with Crippen LogP contribution < -0.4 is 15.4 Å². The van der Waals surface area contributed by atoms with Gasteiger partial charge in [0.2, 0.25) is 11.8 Å². The van der Waals surface area contributed by atoms with Crippen LogP contribution in [0.5, 0.6) is 11.5 Å². The molecule has 4 aliphatic rings. The largest absolute Gasteiger partial charge is 0.508 e. The third-order valence-electron chi connectivity index (χ3n) is 11.5. The number of benzene rings is 4. The monoisotopic (exact) mass is 713 g/mol. The normalized spacial score (nSPS) is 21.9. The minimum atomic E-state index is -0.599. The summed E-state index contributed by atoms with van der Waals surface area (Å²) in [6.45, 7) is 7.61. The van der Waals surface area contributed by atoms with Gasteiger partial charge in [-0.3, -0.25) is 29.5 Å². The van der Waals surface area contributed by atoms with Crippen molar-refractivity contribution in [1.29, 1.82) is 0 Å². The number of carbonyl (C=O) groups is 3. The predicted molar refractivity (Wildman–Crippen MR) is 203 cm³/mol. The molecule has 1 unspecified atom stereocenters. The van der Waals surface area contributed by atoms with E-state index in [0.29, 0.717) is 36.8 Å². The van der Waals surface area contributed by atoms with Gasteiger partial charge in [0.25, 0.3) is 5.91 Å². The molecule has 10 nitrogen and oxygen atoms in total. The van der Waals surface area contributed by atoms with E-state index in [1.807, 2.05) is 30.3 Å². The number of fused-ring (bicyclic) bond motifs is 2. The Labute approximate surface area is 310 Å². The van der Waals surface area contributed by atoms with Gasteiger partial charge < -0.3 is 20.1 Å². The number of nitrogens with zero attached hydrogens (tertiary/aromatic N) is 3. The van der Waals surface area contributed by atoms with E-state index in [9.17, 15) is 19.5 Å². The molecule has 3 atom stereocenters. The minimum Gasteiger partial charge on any atom is -0.508 e. The van der Waals surface area contributed by atoms with Crippen LogP contribution in [0.15, 0.2) is 91.0 Å². The number of ether oxygens (including phenoxy) is 1. The highest BCUT2D eigenvalue weighted by Crippen LogP contribution is 2.47. The van der Waals surface area contributed by atoms with Crippen LogP contribution >= 0.6 is 0 Å². The molecular formula is C43H47N5O5. The molecule has 53 heavy (non-hydrogen) atoms. The van der Waals surface area contributed by atoms with E-state index in [2.05, 4.69) is 81.1 Å².